The van der Waals surface area contributed by atoms with Gasteiger partial charge in [-0.3, -0.25) is 4.79 Å². The first kappa shape index (κ1) is 22.1. The summed E-state index contributed by atoms with van der Waals surface area (Å²) in [5.74, 6) is -0.270. The van der Waals surface area contributed by atoms with Crippen molar-refractivity contribution in [2.45, 2.75) is 6.54 Å². The molecule has 2 rings (SSSR count). The van der Waals surface area contributed by atoms with Crippen LogP contribution >= 0.6 is 22.9 Å². The molecule has 10 heteroatoms. The number of anilines is 1. The van der Waals surface area contributed by atoms with Gasteiger partial charge in [0.2, 0.25) is 0 Å². The van der Waals surface area contributed by atoms with Crippen LogP contribution in [0.3, 0.4) is 0 Å². The molecule has 1 aromatic carbocycles. The molecular formula is C18H23ClN4O4S. The second kappa shape index (κ2) is 11.6. The molecule has 1 heterocycles. The highest BCUT2D eigenvalue weighted by Crippen LogP contribution is 2.16. The number of benzene rings is 1. The number of thiazole rings is 1. The maximum Gasteiger partial charge on any atom is 0.322 e. The zero-order valence-corrected chi connectivity index (χ0v) is 17.3. The predicted molar refractivity (Wildman–Crippen MR) is 109 cm³/mol. The van der Waals surface area contributed by atoms with E-state index < -0.39 is 0 Å². The molecule has 0 unspecified atom stereocenters. The summed E-state index contributed by atoms with van der Waals surface area (Å²) in [5, 5.41) is 8.45. The monoisotopic (exact) mass is 426 g/mol. The summed E-state index contributed by atoms with van der Waals surface area (Å²) in [4.78, 5) is 30.6. The number of hydrogen-bond donors (Lipinski definition) is 2. The number of aromatic nitrogens is 1. The molecule has 0 fully saturated rings. The van der Waals surface area contributed by atoms with Crippen molar-refractivity contribution >= 4 is 40.6 Å². The molecular weight excluding hydrogens is 404 g/mol. The van der Waals surface area contributed by atoms with Crippen LogP contribution in [-0.2, 0) is 16.0 Å². The highest BCUT2D eigenvalue weighted by atomic mass is 35.5. The lowest BCUT2D eigenvalue weighted by Gasteiger charge is -2.21. The Morgan fingerprint density at radius 2 is 1.89 bits per heavy atom. The fraction of sp³-hybridized carbons (Fsp3) is 0.389. The van der Waals surface area contributed by atoms with E-state index in [1.54, 1.807) is 48.8 Å². The molecule has 0 aliphatic rings. The van der Waals surface area contributed by atoms with Crippen molar-refractivity contribution in [2.24, 2.45) is 0 Å². The fourth-order valence-corrected chi connectivity index (χ4v) is 3.11. The van der Waals surface area contributed by atoms with Crippen LogP contribution in [0.15, 0.2) is 29.6 Å². The predicted octanol–water partition coefficient (Wildman–Crippen LogP) is 2.85. The number of amides is 3. The first-order chi connectivity index (χ1) is 13.5. The van der Waals surface area contributed by atoms with E-state index in [2.05, 4.69) is 15.6 Å². The van der Waals surface area contributed by atoms with Crippen molar-refractivity contribution in [3.05, 3.63) is 45.4 Å². The molecule has 3 amide bonds. The number of rotatable bonds is 10. The van der Waals surface area contributed by atoms with Gasteiger partial charge < -0.3 is 25.0 Å². The lowest BCUT2D eigenvalue weighted by molar-refractivity contribution is 0.0932. The van der Waals surface area contributed by atoms with Gasteiger partial charge in [0.1, 0.15) is 10.7 Å². The molecule has 152 valence electrons. The van der Waals surface area contributed by atoms with Crippen LogP contribution in [0.2, 0.25) is 5.02 Å². The minimum absolute atomic E-state index is 0.263. The summed E-state index contributed by atoms with van der Waals surface area (Å²) < 4.78 is 9.99. The Kier molecular flexibility index (Phi) is 9.15. The Balaban J connectivity index is 2.00. The molecule has 2 aromatic rings. The van der Waals surface area contributed by atoms with Gasteiger partial charge in [0.05, 0.1) is 19.8 Å². The van der Waals surface area contributed by atoms with Crippen LogP contribution in [0.4, 0.5) is 10.5 Å². The highest BCUT2D eigenvalue weighted by Gasteiger charge is 2.17. The van der Waals surface area contributed by atoms with Gasteiger partial charge in [-0.15, -0.1) is 11.3 Å². The maximum absolute atomic E-state index is 12.6. The average Bonchev–Trinajstić information content (AvgIpc) is 3.15. The largest absolute Gasteiger partial charge is 0.383 e. The van der Waals surface area contributed by atoms with Gasteiger partial charge in [0.15, 0.2) is 0 Å². The minimum Gasteiger partial charge on any atom is -0.383 e. The SMILES string of the molecule is COCCNC(=O)c1csc(CN(CCOC)C(=O)Nc2ccc(Cl)cc2)n1. The second-order valence-corrected chi connectivity index (χ2v) is 7.11. The Bertz CT molecular complexity index is 769. The third kappa shape index (κ3) is 7.08. The van der Waals surface area contributed by atoms with Crippen LogP contribution in [-0.4, -0.2) is 62.3 Å². The summed E-state index contributed by atoms with van der Waals surface area (Å²) in [7, 11) is 3.14. The van der Waals surface area contributed by atoms with Crippen LogP contribution in [0.5, 0.6) is 0 Å². The van der Waals surface area contributed by atoms with Crippen LogP contribution in [0.1, 0.15) is 15.5 Å². The van der Waals surface area contributed by atoms with Gasteiger partial charge in [-0.1, -0.05) is 11.6 Å². The van der Waals surface area contributed by atoms with Gasteiger partial charge in [-0.05, 0) is 24.3 Å². The zero-order chi connectivity index (χ0) is 20.4. The standard InChI is InChI=1S/C18H23ClN4O4S/c1-26-9-7-20-17(24)15-12-28-16(22-15)11-23(8-10-27-2)18(25)21-14-5-3-13(19)4-6-14/h3-6,12H,7-11H2,1-2H3,(H,20,24)(H,21,25). The summed E-state index contributed by atoms with van der Waals surface area (Å²) in [5.41, 5.74) is 0.954. The number of nitrogens with zero attached hydrogens (tertiary/aromatic N) is 2. The maximum atomic E-state index is 12.6. The molecule has 1 aromatic heterocycles. The van der Waals surface area contributed by atoms with Crippen molar-refractivity contribution in [3.63, 3.8) is 0 Å². The minimum atomic E-state index is -0.291. The summed E-state index contributed by atoms with van der Waals surface area (Å²) in [6.45, 7) is 1.86. The number of halogens is 1. The number of urea groups is 1. The molecule has 0 bridgehead atoms. The molecule has 28 heavy (non-hydrogen) atoms. The first-order valence-corrected chi connectivity index (χ1v) is 9.81. The van der Waals surface area contributed by atoms with Crippen molar-refractivity contribution in [1.29, 1.82) is 0 Å². The topological polar surface area (TPSA) is 92.8 Å². The molecule has 8 nitrogen and oxygen atoms in total. The molecule has 0 atom stereocenters. The molecule has 0 saturated heterocycles. The molecule has 2 N–H and O–H groups in total. The van der Waals surface area contributed by atoms with E-state index in [0.717, 1.165) is 0 Å². The molecule has 0 radical (unpaired) electrons. The van der Waals surface area contributed by atoms with Gasteiger partial charge >= 0.3 is 6.03 Å². The van der Waals surface area contributed by atoms with Crippen LogP contribution < -0.4 is 10.6 Å². The van der Waals surface area contributed by atoms with Gasteiger partial charge in [0, 0.05) is 43.4 Å². The van der Waals surface area contributed by atoms with E-state index in [9.17, 15) is 9.59 Å². The van der Waals surface area contributed by atoms with Crippen molar-refractivity contribution in [3.8, 4) is 0 Å². The first-order valence-electron chi connectivity index (χ1n) is 8.55. The van der Waals surface area contributed by atoms with Crippen LogP contribution in [0, 0.1) is 0 Å². The second-order valence-electron chi connectivity index (χ2n) is 5.73. The summed E-state index contributed by atoms with van der Waals surface area (Å²) >= 11 is 7.19. The molecule has 0 aliphatic carbocycles. The van der Waals surface area contributed by atoms with E-state index >= 15 is 0 Å². The summed E-state index contributed by atoms with van der Waals surface area (Å²) in [6.07, 6.45) is 0. The lowest BCUT2D eigenvalue weighted by atomic mass is 10.3. The van der Waals surface area contributed by atoms with E-state index in [4.69, 9.17) is 21.1 Å². The Morgan fingerprint density at radius 1 is 1.18 bits per heavy atom. The smallest absolute Gasteiger partial charge is 0.322 e. The van der Waals surface area contributed by atoms with Gasteiger partial charge in [-0.2, -0.15) is 0 Å². The highest BCUT2D eigenvalue weighted by molar-refractivity contribution is 7.09. The summed E-state index contributed by atoms with van der Waals surface area (Å²) in [6, 6.07) is 6.56. The van der Waals surface area contributed by atoms with Crippen molar-refractivity contribution in [1.82, 2.24) is 15.2 Å². The Hall–Kier alpha value is -2.20. The molecule has 0 saturated carbocycles. The van der Waals surface area contributed by atoms with Gasteiger partial charge in [-0.25, -0.2) is 9.78 Å². The van der Waals surface area contributed by atoms with Gasteiger partial charge in [0.25, 0.3) is 5.91 Å². The van der Waals surface area contributed by atoms with Crippen molar-refractivity contribution in [2.75, 3.05) is 45.8 Å². The lowest BCUT2D eigenvalue weighted by Crippen LogP contribution is -2.36. The van der Waals surface area contributed by atoms with Crippen LogP contribution in [0.25, 0.3) is 0 Å². The number of methoxy groups -OCH3 is 2. The normalized spacial score (nSPS) is 10.5. The number of carbonyl (C=O) groups is 2. The Labute approximate surface area is 172 Å². The van der Waals surface area contributed by atoms with E-state index in [1.165, 1.54) is 11.3 Å². The third-order valence-corrected chi connectivity index (χ3v) is 4.74. The zero-order valence-electron chi connectivity index (χ0n) is 15.7. The number of carbonyl (C=O) groups excluding carboxylic acids is 2. The average molecular weight is 427 g/mol. The number of ether oxygens (including phenoxy) is 2. The number of nitrogens with one attached hydrogen (secondary N) is 2. The van der Waals surface area contributed by atoms with E-state index in [1.807, 2.05) is 0 Å². The third-order valence-electron chi connectivity index (χ3n) is 3.65. The quantitative estimate of drug-likeness (QED) is 0.570. The van der Waals surface area contributed by atoms with E-state index in [0.29, 0.717) is 47.7 Å². The fourth-order valence-electron chi connectivity index (χ4n) is 2.20. The van der Waals surface area contributed by atoms with E-state index in [-0.39, 0.29) is 18.5 Å². The van der Waals surface area contributed by atoms with Crippen molar-refractivity contribution < 1.29 is 19.1 Å². The Morgan fingerprint density at radius 3 is 2.57 bits per heavy atom. The molecule has 0 spiro atoms. The number of hydrogen-bond acceptors (Lipinski definition) is 6. The molecule has 0 aliphatic heterocycles.